The number of carboxylic acid groups (broad SMARTS) is 1. The smallest absolute Gasteiger partial charge is 0.334 e. The number of carboxylic acids is 1. The number of ether oxygens (including phenoxy) is 3. The summed E-state index contributed by atoms with van der Waals surface area (Å²) in [6.07, 6.45) is 1.05. The van der Waals surface area contributed by atoms with Crippen molar-refractivity contribution in [2.24, 2.45) is 0 Å². The van der Waals surface area contributed by atoms with Gasteiger partial charge in [0.15, 0.2) is 0 Å². The Hall–Kier alpha value is -2.53. The maximum Gasteiger partial charge on any atom is 0.334 e. The molecule has 0 amide bonds. The van der Waals surface area contributed by atoms with Gasteiger partial charge in [-0.25, -0.2) is 4.79 Å². The van der Waals surface area contributed by atoms with Crippen molar-refractivity contribution < 1.29 is 24.1 Å². The summed E-state index contributed by atoms with van der Waals surface area (Å²) in [6, 6.07) is 7.71. The number of carbonyl (C=O) groups is 1. The van der Waals surface area contributed by atoms with Gasteiger partial charge in [0.1, 0.15) is 11.5 Å². The average molecular weight is 330 g/mol. The van der Waals surface area contributed by atoms with E-state index in [0.29, 0.717) is 17.1 Å². The molecule has 2 aromatic carbocycles. The van der Waals surface area contributed by atoms with E-state index >= 15 is 0 Å². The first-order valence-corrected chi connectivity index (χ1v) is 7.57. The number of hydrogen-bond donors (Lipinski definition) is 1. The molecule has 5 heteroatoms. The topological polar surface area (TPSA) is 65.0 Å². The SMILES string of the molecule is COc1c(C)c(/C=C(/C(=O)O)C(C)OC)c(OC)c2ccccc12. The third-order valence-electron chi connectivity index (χ3n) is 4.15. The first kappa shape index (κ1) is 17.8. The standard InChI is InChI=1S/C19H22O5/c1-11-15(10-16(19(20)21)12(2)22-3)18(24-5)14-9-7-6-8-13(14)17(11)23-4/h6-10,12H,1-5H3,(H,20,21)/b16-10+. The van der Waals surface area contributed by atoms with E-state index in [1.165, 1.54) is 7.11 Å². The van der Waals surface area contributed by atoms with Crippen LogP contribution in [-0.2, 0) is 9.53 Å². The molecule has 1 atom stereocenters. The first-order chi connectivity index (χ1) is 11.5. The number of rotatable bonds is 6. The molecule has 0 fully saturated rings. The van der Waals surface area contributed by atoms with Crippen molar-refractivity contribution in [1.82, 2.24) is 0 Å². The van der Waals surface area contributed by atoms with E-state index in [1.54, 1.807) is 27.2 Å². The summed E-state index contributed by atoms with van der Waals surface area (Å²) in [4.78, 5) is 11.6. The molecule has 2 rings (SSSR count). The minimum Gasteiger partial charge on any atom is -0.496 e. The number of aliphatic carboxylic acids is 1. The molecule has 0 saturated carbocycles. The molecular formula is C19H22O5. The lowest BCUT2D eigenvalue weighted by molar-refractivity contribution is -0.133. The maximum atomic E-state index is 11.6. The molecule has 0 aliphatic carbocycles. The van der Waals surface area contributed by atoms with Crippen LogP contribution in [-0.4, -0.2) is 38.5 Å². The Morgan fingerprint density at radius 1 is 1.08 bits per heavy atom. The predicted octanol–water partition coefficient (Wildman–Crippen LogP) is 3.67. The van der Waals surface area contributed by atoms with Crippen molar-refractivity contribution in [3.8, 4) is 11.5 Å². The number of fused-ring (bicyclic) bond motifs is 1. The second kappa shape index (κ2) is 7.36. The maximum absolute atomic E-state index is 11.6. The zero-order valence-corrected chi connectivity index (χ0v) is 14.5. The molecule has 128 valence electrons. The van der Waals surface area contributed by atoms with E-state index in [4.69, 9.17) is 14.2 Å². The lowest BCUT2D eigenvalue weighted by Crippen LogP contribution is -2.16. The van der Waals surface area contributed by atoms with Gasteiger partial charge in [0.25, 0.3) is 0 Å². The highest BCUT2D eigenvalue weighted by Crippen LogP contribution is 2.41. The van der Waals surface area contributed by atoms with Gasteiger partial charge in [-0.15, -0.1) is 0 Å². The van der Waals surface area contributed by atoms with Gasteiger partial charge in [-0.2, -0.15) is 0 Å². The number of benzene rings is 2. The van der Waals surface area contributed by atoms with Crippen LogP contribution in [0.15, 0.2) is 29.8 Å². The summed E-state index contributed by atoms with van der Waals surface area (Å²) in [5.74, 6) is 0.288. The van der Waals surface area contributed by atoms with Crippen LogP contribution in [0.1, 0.15) is 18.1 Å². The van der Waals surface area contributed by atoms with Gasteiger partial charge in [0, 0.05) is 29.0 Å². The zero-order valence-electron chi connectivity index (χ0n) is 14.5. The monoisotopic (exact) mass is 330 g/mol. The van der Waals surface area contributed by atoms with Crippen LogP contribution in [0.5, 0.6) is 11.5 Å². The molecule has 5 nitrogen and oxygen atoms in total. The Bertz CT molecular complexity index is 792. The van der Waals surface area contributed by atoms with Crippen molar-refractivity contribution >= 4 is 22.8 Å². The molecule has 1 unspecified atom stereocenters. The zero-order chi connectivity index (χ0) is 17.9. The van der Waals surface area contributed by atoms with Gasteiger partial charge < -0.3 is 19.3 Å². The molecule has 0 saturated heterocycles. The van der Waals surface area contributed by atoms with Crippen LogP contribution in [0.4, 0.5) is 0 Å². The summed E-state index contributed by atoms with van der Waals surface area (Å²) >= 11 is 0. The van der Waals surface area contributed by atoms with Crippen LogP contribution >= 0.6 is 0 Å². The molecule has 24 heavy (non-hydrogen) atoms. The Labute approximate surface area is 141 Å². The minimum absolute atomic E-state index is 0.149. The Morgan fingerprint density at radius 2 is 1.62 bits per heavy atom. The largest absolute Gasteiger partial charge is 0.496 e. The highest BCUT2D eigenvalue weighted by atomic mass is 16.5. The summed E-state index contributed by atoms with van der Waals surface area (Å²) < 4.78 is 16.3. The molecule has 0 aromatic heterocycles. The molecule has 2 aromatic rings. The Balaban J connectivity index is 2.87. The lowest BCUT2D eigenvalue weighted by Gasteiger charge is -2.18. The second-order valence-corrected chi connectivity index (χ2v) is 5.43. The lowest BCUT2D eigenvalue weighted by atomic mass is 9.96. The molecular weight excluding hydrogens is 308 g/mol. The van der Waals surface area contributed by atoms with Gasteiger partial charge in [-0.1, -0.05) is 24.3 Å². The third-order valence-corrected chi connectivity index (χ3v) is 4.15. The minimum atomic E-state index is -1.03. The highest BCUT2D eigenvalue weighted by Gasteiger charge is 2.21. The molecule has 0 aliphatic heterocycles. The van der Waals surface area contributed by atoms with Gasteiger partial charge in [0.05, 0.1) is 25.9 Å². The van der Waals surface area contributed by atoms with Gasteiger partial charge in [-0.3, -0.25) is 0 Å². The van der Waals surface area contributed by atoms with E-state index in [-0.39, 0.29) is 5.57 Å². The third kappa shape index (κ3) is 3.08. The summed E-state index contributed by atoms with van der Waals surface area (Å²) in [5.41, 5.74) is 1.64. The second-order valence-electron chi connectivity index (χ2n) is 5.43. The quantitative estimate of drug-likeness (QED) is 0.819. The van der Waals surface area contributed by atoms with Crippen LogP contribution in [0.25, 0.3) is 16.8 Å². The van der Waals surface area contributed by atoms with E-state index in [9.17, 15) is 9.90 Å². The van der Waals surface area contributed by atoms with E-state index in [0.717, 1.165) is 16.3 Å². The van der Waals surface area contributed by atoms with Crippen molar-refractivity contribution in [2.45, 2.75) is 20.0 Å². The van der Waals surface area contributed by atoms with E-state index in [1.807, 2.05) is 31.2 Å². The first-order valence-electron chi connectivity index (χ1n) is 7.57. The van der Waals surface area contributed by atoms with Crippen molar-refractivity contribution in [2.75, 3.05) is 21.3 Å². The fourth-order valence-corrected chi connectivity index (χ4v) is 2.81. The average Bonchev–Trinajstić information content (AvgIpc) is 2.58. The van der Waals surface area contributed by atoms with Gasteiger partial charge in [0.2, 0.25) is 0 Å². The van der Waals surface area contributed by atoms with E-state index in [2.05, 4.69) is 0 Å². The van der Waals surface area contributed by atoms with Crippen LogP contribution in [0.2, 0.25) is 0 Å². The van der Waals surface area contributed by atoms with Crippen molar-refractivity contribution in [3.05, 3.63) is 41.0 Å². The summed E-state index contributed by atoms with van der Waals surface area (Å²) in [6.45, 7) is 3.58. The fraction of sp³-hybridized carbons (Fsp3) is 0.316. The van der Waals surface area contributed by atoms with E-state index < -0.39 is 12.1 Å². The van der Waals surface area contributed by atoms with Gasteiger partial charge in [-0.05, 0) is 19.9 Å². The summed E-state index contributed by atoms with van der Waals surface area (Å²) in [5, 5.41) is 11.3. The van der Waals surface area contributed by atoms with Crippen molar-refractivity contribution in [1.29, 1.82) is 0 Å². The molecule has 0 radical (unpaired) electrons. The molecule has 0 heterocycles. The summed E-state index contributed by atoms with van der Waals surface area (Å²) in [7, 11) is 4.66. The molecule has 0 spiro atoms. The Morgan fingerprint density at radius 3 is 2.08 bits per heavy atom. The fourth-order valence-electron chi connectivity index (χ4n) is 2.81. The number of hydrogen-bond acceptors (Lipinski definition) is 4. The van der Waals surface area contributed by atoms with Gasteiger partial charge >= 0.3 is 5.97 Å². The molecule has 0 bridgehead atoms. The van der Waals surface area contributed by atoms with Crippen LogP contribution in [0, 0.1) is 6.92 Å². The van der Waals surface area contributed by atoms with Crippen molar-refractivity contribution in [3.63, 3.8) is 0 Å². The molecule has 1 N–H and O–H groups in total. The Kier molecular flexibility index (Phi) is 5.46. The van der Waals surface area contributed by atoms with Crippen LogP contribution < -0.4 is 9.47 Å². The normalized spacial score (nSPS) is 13.0. The number of methoxy groups -OCH3 is 3. The van der Waals surface area contributed by atoms with Crippen LogP contribution in [0.3, 0.4) is 0 Å². The highest BCUT2D eigenvalue weighted by molar-refractivity contribution is 6.01. The molecule has 0 aliphatic rings. The predicted molar refractivity (Wildman–Crippen MR) is 93.9 cm³/mol.